The van der Waals surface area contributed by atoms with Crippen LogP contribution in [0.15, 0.2) is 18.2 Å². The lowest BCUT2D eigenvalue weighted by atomic mass is 9.98. The summed E-state index contributed by atoms with van der Waals surface area (Å²) in [5, 5.41) is 9.16. The van der Waals surface area contributed by atoms with Gasteiger partial charge in [-0.1, -0.05) is 35.7 Å². The maximum atomic E-state index is 9.16. The summed E-state index contributed by atoms with van der Waals surface area (Å²) >= 11 is 0. The van der Waals surface area contributed by atoms with E-state index in [0.717, 1.165) is 13.0 Å². The number of nitrogens with zero attached hydrogens (tertiary/aromatic N) is 1. The molecule has 0 spiro atoms. The molecule has 1 aliphatic rings. The summed E-state index contributed by atoms with van der Waals surface area (Å²) in [4.78, 5) is 2.55. The van der Waals surface area contributed by atoms with E-state index in [4.69, 9.17) is 5.11 Å². The van der Waals surface area contributed by atoms with Gasteiger partial charge in [0.15, 0.2) is 0 Å². The lowest BCUT2D eigenvalue weighted by Crippen LogP contribution is -2.39. The van der Waals surface area contributed by atoms with Crippen molar-refractivity contribution in [3.8, 4) is 0 Å². The van der Waals surface area contributed by atoms with E-state index in [1.807, 2.05) is 0 Å². The fourth-order valence-electron chi connectivity index (χ4n) is 3.14. The number of hydrogen-bond donors (Lipinski definition) is 1. The Kier molecular flexibility index (Phi) is 4.79. The van der Waals surface area contributed by atoms with Crippen LogP contribution in [-0.2, 0) is 6.54 Å². The van der Waals surface area contributed by atoms with Gasteiger partial charge in [-0.25, -0.2) is 0 Å². The maximum absolute atomic E-state index is 9.16. The van der Waals surface area contributed by atoms with Crippen molar-refractivity contribution in [2.24, 2.45) is 0 Å². The molecule has 0 radical (unpaired) electrons. The predicted octanol–water partition coefficient (Wildman–Crippen LogP) is 3.04. The van der Waals surface area contributed by atoms with Crippen molar-refractivity contribution in [1.82, 2.24) is 4.90 Å². The van der Waals surface area contributed by atoms with Crippen LogP contribution < -0.4 is 0 Å². The molecular weight excluding hydrogens is 222 g/mol. The summed E-state index contributed by atoms with van der Waals surface area (Å²) in [6, 6.07) is 7.38. The Hall–Kier alpha value is -0.860. The first-order chi connectivity index (χ1) is 8.69. The summed E-state index contributed by atoms with van der Waals surface area (Å²) < 4.78 is 0. The van der Waals surface area contributed by atoms with Crippen LogP contribution in [0.4, 0.5) is 0 Å². The third kappa shape index (κ3) is 3.56. The van der Waals surface area contributed by atoms with Gasteiger partial charge in [0.25, 0.3) is 0 Å². The summed E-state index contributed by atoms with van der Waals surface area (Å²) in [7, 11) is 0. The molecule has 0 amide bonds. The molecule has 1 heterocycles. The van der Waals surface area contributed by atoms with Gasteiger partial charge in [-0.15, -0.1) is 0 Å². The number of aryl methyl sites for hydroxylation is 2. The van der Waals surface area contributed by atoms with Crippen molar-refractivity contribution in [2.75, 3.05) is 13.2 Å². The Bertz CT molecular complexity index is 366. The van der Waals surface area contributed by atoms with Crippen LogP contribution in [0.2, 0.25) is 0 Å². The van der Waals surface area contributed by atoms with Crippen LogP contribution in [0.25, 0.3) is 0 Å². The van der Waals surface area contributed by atoms with Crippen LogP contribution in [0.1, 0.15) is 42.4 Å². The number of aliphatic hydroxyl groups is 1. The molecule has 0 aromatic heterocycles. The highest BCUT2D eigenvalue weighted by Gasteiger charge is 2.21. The van der Waals surface area contributed by atoms with Gasteiger partial charge in [0.2, 0.25) is 0 Å². The van der Waals surface area contributed by atoms with Crippen LogP contribution in [0.3, 0.4) is 0 Å². The minimum Gasteiger partial charge on any atom is -0.396 e. The van der Waals surface area contributed by atoms with E-state index in [2.05, 4.69) is 36.9 Å². The molecular formula is C16H25NO. The maximum Gasteiger partial charge on any atom is 0.0445 e. The number of likely N-dealkylation sites (tertiary alicyclic amines) is 1. The normalized spacial score (nSPS) is 21.2. The second-order valence-corrected chi connectivity index (χ2v) is 5.63. The van der Waals surface area contributed by atoms with Crippen molar-refractivity contribution in [3.05, 3.63) is 34.9 Å². The molecule has 18 heavy (non-hydrogen) atoms. The van der Waals surface area contributed by atoms with Crippen LogP contribution in [0.5, 0.6) is 0 Å². The van der Waals surface area contributed by atoms with Crippen LogP contribution in [0, 0.1) is 13.8 Å². The van der Waals surface area contributed by atoms with Gasteiger partial charge >= 0.3 is 0 Å². The number of piperidine rings is 1. The second-order valence-electron chi connectivity index (χ2n) is 5.63. The van der Waals surface area contributed by atoms with Gasteiger partial charge in [-0.05, 0) is 45.2 Å². The standard InChI is InChI=1S/C16H25NO/c1-13-9-14(2)11-15(10-13)12-17-7-4-3-5-16(17)6-8-18/h9-11,16,18H,3-8,12H2,1-2H3. The molecule has 1 aromatic rings. The van der Waals surface area contributed by atoms with E-state index >= 15 is 0 Å². The van der Waals surface area contributed by atoms with E-state index in [1.54, 1.807) is 0 Å². The molecule has 2 nitrogen and oxygen atoms in total. The van der Waals surface area contributed by atoms with E-state index in [0.29, 0.717) is 12.6 Å². The highest BCUT2D eigenvalue weighted by molar-refractivity contribution is 5.28. The fraction of sp³-hybridized carbons (Fsp3) is 0.625. The topological polar surface area (TPSA) is 23.5 Å². The summed E-state index contributed by atoms with van der Waals surface area (Å²) in [6.07, 6.45) is 4.77. The predicted molar refractivity (Wildman–Crippen MR) is 75.7 cm³/mol. The Morgan fingerprint density at radius 2 is 1.89 bits per heavy atom. The van der Waals surface area contributed by atoms with Crippen LogP contribution in [-0.4, -0.2) is 29.2 Å². The average molecular weight is 247 g/mol. The monoisotopic (exact) mass is 247 g/mol. The highest BCUT2D eigenvalue weighted by Crippen LogP contribution is 2.22. The Morgan fingerprint density at radius 1 is 1.17 bits per heavy atom. The van der Waals surface area contributed by atoms with Crippen molar-refractivity contribution < 1.29 is 5.11 Å². The largest absolute Gasteiger partial charge is 0.396 e. The first-order valence-corrected chi connectivity index (χ1v) is 7.11. The third-order valence-corrected chi connectivity index (χ3v) is 3.88. The third-order valence-electron chi connectivity index (χ3n) is 3.88. The molecule has 1 aromatic carbocycles. The molecule has 0 saturated carbocycles. The van der Waals surface area contributed by atoms with Crippen molar-refractivity contribution in [1.29, 1.82) is 0 Å². The van der Waals surface area contributed by atoms with Crippen molar-refractivity contribution in [3.63, 3.8) is 0 Å². The van der Waals surface area contributed by atoms with Crippen LogP contribution >= 0.6 is 0 Å². The Morgan fingerprint density at radius 3 is 2.56 bits per heavy atom. The van der Waals surface area contributed by atoms with E-state index < -0.39 is 0 Å². The molecule has 0 aliphatic carbocycles. The van der Waals surface area contributed by atoms with Gasteiger partial charge in [-0.2, -0.15) is 0 Å². The molecule has 100 valence electrons. The first kappa shape index (κ1) is 13.6. The summed E-state index contributed by atoms with van der Waals surface area (Å²) in [5.41, 5.74) is 4.11. The minimum absolute atomic E-state index is 0.314. The fourth-order valence-corrected chi connectivity index (χ4v) is 3.14. The van der Waals surface area contributed by atoms with Gasteiger partial charge in [0.1, 0.15) is 0 Å². The number of hydrogen-bond acceptors (Lipinski definition) is 2. The summed E-state index contributed by atoms with van der Waals surface area (Å²) in [5.74, 6) is 0. The lowest BCUT2D eigenvalue weighted by Gasteiger charge is -2.35. The molecule has 1 saturated heterocycles. The minimum atomic E-state index is 0.314. The second kappa shape index (κ2) is 6.35. The zero-order valence-corrected chi connectivity index (χ0v) is 11.7. The first-order valence-electron chi connectivity index (χ1n) is 7.11. The molecule has 1 fully saturated rings. The lowest BCUT2D eigenvalue weighted by molar-refractivity contribution is 0.112. The molecule has 2 rings (SSSR count). The average Bonchev–Trinajstić information content (AvgIpc) is 2.30. The Balaban J connectivity index is 2.05. The van der Waals surface area contributed by atoms with Gasteiger partial charge in [0, 0.05) is 19.2 Å². The molecule has 0 bridgehead atoms. The highest BCUT2D eigenvalue weighted by atomic mass is 16.3. The van der Waals surface area contributed by atoms with Gasteiger partial charge in [0.05, 0.1) is 0 Å². The molecule has 1 unspecified atom stereocenters. The molecule has 2 heteroatoms. The SMILES string of the molecule is Cc1cc(C)cc(CN2CCCCC2CCO)c1. The Labute approximate surface area is 111 Å². The summed E-state index contributed by atoms with van der Waals surface area (Å²) in [6.45, 7) is 6.86. The number of benzene rings is 1. The zero-order chi connectivity index (χ0) is 13.0. The zero-order valence-electron chi connectivity index (χ0n) is 11.7. The quantitative estimate of drug-likeness (QED) is 0.884. The van der Waals surface area contributed by atoms with Gasteiger partial charge in [-0.3, -0.25) is 4.90 Å². The number of rotatable bonds is 4. The van der Waals surface area contributed by atoms with E-state index in [9.17, 15) is 0 Å². The van der Waals surface area contributed by atoms with E-state index in [1.165, 1.54) is 42.5 Å². The molecule has 1 N–H and O–H groups in total. The van der Waals surface area contributed by atoms with Crippen molar-refractivity contribution in [2.45, 2.75) is 52.1 Å². The van der Waals surface area contributed by atoms with Crippen molar-refractivity contribution >= 4 is 0 Å². The van der Waals surface area contributed by atoms with Gasteiger partial charge < -0.3 is 5.11 Å². The molecule has 1 atom stereocenters. The molecule has 1 aliphatic heterocycles. The number of aliphatic hydroxyl groups excluding tert-OH is 1. The smallest absolute Gasteiger partial charge is 0.0445 e. The van der Waals surface area contributed by atoms with E-state index in [-0.39, 0.29) is 0 Å².